The number of carbonyl (C=O) groups is 1. The summed E-state index contributed by atoms with van der Waals surface area (Å²) < 4.78 is 12.0. The molecule has 0 aromatic carbocycles. The molecule has 1 aliphatic heterocycles. The first-order chi connectivity index (χ1) is 18.0. The van der Waals surface area contributed by atoms with Crippen LogP contribution >= 0.6 is 0 Å². The van der Waals surface area contributed by atoms with Gasteiger partial charge in [0.2, 0.25) is 0 Å². The smallest absolute Gasteiger partial charge is 0.308 e. The van der Waals surface area contributed by atoms with Gasteiger partial charge in [0.05, 0.1) is 42.0 Å². The van der Waals surface area contributed by atoms with Crippen LogP contribution in [0, 0.1) is 23.7 Å². The van der Waals surface area contributed by atoms with Gasteiger partial charge in [0, 0.05) is 31.0 Å². The van der Waals surface area contributed by atoms with Gasteiger partial charge in [0.25, 0.3) is 0 Å². The summed E-state index contributed by atoms with van der Waals surface area (Å²) in [4.78, 5) is 14.0. The van der Waals surface area contributed by atoms with E-state index >= 15 is 0 Å². The first-order valence-electron chi connectivity index (χ1n) is 14.7. The summed E-state index contributed by atoms with van der Waals surface area (Å²) in [6.45, 7) is 15.4. The molecular weight excluding hydrogens is 504 g/mol. The minimum Gasteiger partial charge on any atom is -0.481 e. The molecule has 0 bridgehead atoms. The van der Waals surface area contributed by atoms with Gasteiger partial charge >= 0.3 is 5.97 Å². The summed E-state index contributed by atoms with van der Waals surface area (Å²) in [5.74, 6) is -2.34. The minimum absolute atomic E-state index is 0.142. The molecule has 39 heavy (non-hydrogen) atoms. The van der Waals surface area contributed by atoms with E-state index in [1.165, 1.54) is 0 Å². The normalized spacial score (nSPS) is 30.0. The summed E-state index contributed by atoms with van der Waals surface area (Å²) in [5.41, 5.74) is -1.16. The Morgan fingerprint density at radius 2 is 1.79 bits per heavy atom. The van der Waals surface area contributed by atoms with Crippen LogP contribution in [0.5, 0.6) is 0 Å². The Hall–Kier alpha value is -0.850. The zero-order chi connectivity index (χ0) is 30.2. The fraction of sp³-hybridized carbons (Fsp3) is 0.966. The Morgan fingerprint density at radius 3 is 2.31 bits per heavy atom. The number of aliphatic hydroxyl groups excluding tert-OH is 3. The lowest BCUT2D eigenvalue weighted by molar-refractivity contribution is -0.258. The summed E-state index contributed by atoms with van der Waals surface area (Å²) in [6.07, 6.45) is -2.04. The third-order valence-corrected chi connectivity index (χ3v) is 8.83. The zero-order valence-corrected chi connectivity index (χ0v) is 25.9. The molecule has 10 nitrogen and oxygen atoms in total. The van der Waals surface area contributed by atoms with E-state index in [0.29, 0.717) is 25.8 Å². The van der Waals surface area contributed by atoms with Crippen LogP contribution in [0.15, 0.2) is 0 Å². The summed E-state index contributed by atoms with van der Waals surface area (Å²) in [6, 6.07) is -0.497. The molecule has 1 rings (SSSR count). The Bertz CT molecular complexity index is 725. The molecule has 13 atom stereocenters. The molecule has 0 saturated carbocycles. The molecule has 1 fully saturated rings. The molecule has 1 aliphatic rings. The van der Waals surface area contributed by atoms with Crippen molar-refractivity contribution in [1.82, 2.24) is 10.2 Å². The molecule has 1 heterocycles. The van der Waals surface area contributed by atoms with Gasteiger partial charge in [-0.25, -0.2) is 0 Å². The highest BCUT2D eigenvalue weighted by atomic mass is 16.7. The average Bonchev–Trinajstić information content (AvgIpc) is 2.86. The van der Waals surface area contributed by atoms with E-state index < -0.39 is 60.2 Å². The van der Waals surface area contributed by atoms with Crippen LogP contribution in [0.4, 0.5) is 0 Å². The number of rotatable bonds is 17. The fourth-order valence-electron chi connectivity index (χ4n) is 6.07. The largest absolute Gasteiger partial charge is 0.481 e. The quantitative estimate of drug-likeness (QED) is 0.155. The maximum atomic E-state index is 11.9. The summed E-state index contributed by atoms with van der Waals surface area (Å²) >= 11 is 0. The highest BCUT2D eigenvalue weighted by molar-refractivity contribution is 5.70. The van der Waals surface area contributed by atoms with Crippen LogP contribution in [-0.4, -0.2) is 112 Å². The molecule has 1 saturated heterocycles. The van der Waals surface area contributed by atoms with Gasteiger partial charge in [-0.15, -0.1) is 0 Å². The fourth-order valence-corrected chi connectivity index (χ4v) is 6.07. The average molecular weight is 563 g/mol. The summed E-state index contributed by atoms with van der Waals surface area (Å²) in [7, 11) is 3.68. The molecule has 0 spiro atoms. The molecule has 0 amide bonds. The molecule has 0 aliphatic carbocycles. The van der Waals surface area contributed by atoms with Crippen LogP contribution in [0.25, 0.3) is 0 Å². The van der Waals surface area contributed by atoms with E-state index in [1.807, 2.05) is 39.6 Å². The molecule has 232 valence electrons. The third kappa shape index (κ3) is 10.2. The first kappa shape index (κ1) is 36.2. The van der Waals surface area contributed by atoms with Crippen molar-refractivity contribution in [2.45, 2.75) is 136 Å². The number of hydrogen-bond acceptors (Lipinski definition) is 9. The van der Waals surface area contributed by atoms with Crippen molar-refractivity contribution in [1.29, 1.82) is 0 Å². The van der Waals surface area contributed by atoms with Gasteiger partial charge in [-0.3, -0.25) is 4.79 Å². The molecule has 0 aromatic rings. The number of nitrogens with one attached hydrogen (secondary N) is 1. The first-order valence-corrected chi connectivity index (χ1v) is 14.7. The number of carboxylic acids is 1. The second kappa shape index (κ2) is 16.0. The number of aliphatic hydroxyl groups is 4. The molecule has 10 heteroatoms. The highest BCUT2D eigenvalue weighted by Gasteiger charge is 2.41. The van der Waals surface area contributed by atoms with Crippen LogP contribution in [0.1, 0.15) is 81.1 Å². The topological polar surface area (TPSA) is 152 Å². The predicted molar refractivity (Wildman–Crippen MR) is 151 cm³/mol. The van der Waals surface area contributed by atoms with Crippen LogP contribution in [0.2, 0.25) is 0 Å². The highest BCUT2D eigenvalue weighted by Crippen LogP contribution is 2.31. The third-order valence-electron chi connectivity index (χ3n) is 8.83. The van der Waals surface area contributed by atoms with E-state index in [9.17, 15) is 30.3 Å². The van der Waals surface area contributed by atoms with Crippen molar-refractivity contribution < 1.29 is 39.8 Å². The number of likely N-dealkylation sites (N-methyl/N-ethyl adjacent to an activating group) is 2. The van der Waals surface area contributed by atoms with Crippen molar-refractivity contribution in [3.05, 3.63) is 0 Å². The van der Waals surface area contributed by atoms with Gasteiger partial charge in [0.1, 0.15) is 0 Å². The maximum absolute atomic E-state index is 11.9. The van der Waals surface area contributed by atoms with E-state index in [0.717, 1.165) is 6.42 Å². The lowest BCUT2D eigenvalue weighted by Gasteiger charge is -2.41. The molecule has 6 N–H and O–H groups in total. The Balaban J connectivity index is 2.86. The SMILES string of the molecule is CCC[C@@](C)(O)[C@H](O)[C@@H](C)N(C)C[C@H](C)C[C@H](C)C(O)[C@@H](C)C(O[C@H]1CC(NC)[C@H](O)C(C)O1)[C@@H](C)C(=O)O. The molecule has 0 aromatic heterocycles. The van der Waals surface area contributed by atoms with E-state index in [1.54, 1.807) is 27.8 Å². The number of carboxylic acid groups (broad SMARTS) is 1. The number of hydrogen-bond donors (Lipinski definition) is 6. The lowest BCUT2D eigenvalue weighted by Crippen LogP contribution is -2.54. The summed E-state index contributed by atoms with van der Waals surface area (Å²) in [5, 5.41) is 55.8. The van der Waals surface area contributed by atoms with E-state index in [2.05, 4.69) is 12.2 Å². The maximum Gasteiger partial charge on any atom is 0.308 e. The van der Waals surface area contributed by atoms with Gasteiger partial charge in [-0.1, -0.05) is 34.1 Å². The van der Waals surface area contributed by atoms with Crippen LogP contribution in [0.3, 0.4) is 0 Å². The minimum atomic E-state index is -1.16. The molecule has 4 unspecified atom stereocenters. The van der Waals surface area contributed by atoms with Crippen molar-refractivity contribution in [2.75, 3.05) is 20.6 Å². The van der Waals surface area contributed by atoms with Gasteiger partial charge in [0.15, 0.2) is 6.29 Å². The predicted octanol–water partition coefficient (Wildman–Crippen LogP) is 2.07. The Labute approximate surface area is 236 Å². The number of nitrogens with zero attached hydrogens (tertiary/aromatic N) is 1. The lowest BCUT2D eigenvalue weighted by atomic mass is 9.81. The second-order valence-corrected chi connectivity index (χ2v) is 12.5. The van der Waals surface area contributed by atoms with Gasteiger partial charge < -0.3 is 45.2 Å². The van der Waals surface area contributed by atoms with E-state index in [-0.39, 0.29) is 23.9 Å². The molecular formula is C29H58N2O8. The van der Waals surface area contributed by atoms with Crippen molar-refractivity contribution in [3.63, 3.8) is 0 Å². The van der Waals surface area contributed by atoms with Crippen molar-refractivity contribution in [2.24, 2.45) is 23.7 Å². The zero-order valence-electron chi connectivity index (χ0n) is 25.9. The van der Waals surface area contributed by atoms with Crippen LogP contribution < -0.4 is 5.32 Å². The second-order valence-electron chi connectivity index (χ2n) is 12.5. The van der Waals surface area contributed by atoms with Gasteiger partial charge in [-0.2, -0.15) is 0 Å². The monoisotopic (exact) mass is 562 g/mol. The van der Waals surface area contributed by atoms with Gasteiger partial charge in [-0.05, 0) is 66.5 Å². The van der Waals surface area contributed by atoms with Crippen LogP contribution in [-0.2, 0) is 14.3 Å². The van der Waals surface area contributed by atoms with E-state index in [4.69, 9.17) is 9.47 Å². The standard InChI is InChI=1S/C29H58N2O8/c1-11-12-29(8,37)27(34)20(6)31(10)15-16(2)13-17(3)24(32)18(4)26(19(5)28(35)36)39-23-14-22(30-9)25(33)21(7)38-23/h16-27,30,32-34,37H,11-15H2,1-10H3,(H,35,36)/t16-,17+,18-,19-,20-,21?,22?,23+,24?,25-,26?,27-,29-/m1/s1. The number of ether oxygens (including phenoxy) is 2. The number of aliphatic carboxylic acids is 1. The molecule has 0 radical (unpaired) electrons. The Morgan fingerprint density at radius 1 is 1.21 bits per heavy atom. The Kier molecular flexibility index (Phi) is 14.8. The van der Waals surface area contributed by atoms with Crippen molar-refractivity contribution in [3.8, 4) is 0 Å². The van der Waals surface area contributed by atoms with Crippen molar-refractivity contribution >= 4 is 5.97 Å².